The Kier molecular flexibility index (Phi) is 7.54. The van der Waals surface area contributed by atoms with Gasteiger partial charge in [-0.05, 0) is 26.3 Å². The molecular formula is C12H24N2O3. The van der Waals surface area contributed by atoms with Crippen LogP contribution < -0.4 is 5.32 Å². The molecule has 5 nitrogen and oxygen atoms in total. The Balaban J connectivity index is 3.85. The Labute approximate surface area is 103 Å². The number of hydrogen-bond donors (Lipinski definition) is 2. The minimum Gasteiger partial charge on any atom is -0.481 e. The van der Waals surface area contributed by atoms with Crippen molar-refractivity contribution in [1.82, 2.24) is 10.2 Å². The number of carboxylic acid groups (broad SMARTS) is 1. The maximum absolute atomic E-state index is 11.5. The van der Waals surface area contributed by atoms with Crippen LogP contribution in [0.2, 0.25) is 0 Å². The topological polar surface area (TPSA) is 69.6 Å². The summed E-state index contributed by atoms with van der Waals surface area (Å²) in [5.41, 5.74) is 0. The van der Waals surface area contributed by atoms with Crippen molar-refractivity contribution in [1.29, 1.82) is 0 Å². The molecule has 0 rings (SSSR count). The molecule has 0 saturated carbocycles. The fourth-order valence-electron chi connectivity index (χ4n) is 1.31. The van der Waals surface area contributed by atoms with Crippen LogP contribution in [0.5, 0.6) is 0 Å². The molecule has 0 aromatic rings. The van der Waals surface area contributed by atoms with Crippen molar-refractivity contribution in [2.45, 2.75) is 39.7 Å². The van der Waals surface area contributed by atoms with Crippen molar-refractivity contribution in [3.05, 3.63) is 0 Å². The molecule has 0 heterocycles. The van der Waals surface area contributed by atoms with Gasteiger partial charge in [-0.15, -0.1) is 0 Å². The molecule has 0 aromatic carbocycles. The molecule has 0 radical (unpaired) electrons. The normalized spacial score (nSPS) is 12.8. The second kappa shape index (κ2) is 8.06. The largest absolute Gasteiger partial charge is 0.481 e. The van der Waals surface area contributed by atoms with Gasteiger partial charge in [0.05, 0.1) is 6.54 Å². The Morgan fingerprint density at radius 1 is 1.29 bits per heavy atom. The molecule has 17 heavy (non-hydrogen) atoms. The van der Waals surface area contributed by atoms with Gasteiger partial charge in [0.15, 0.2) is 0 Å². The SMILES string of the molecule is CC(C)CNC(=O)CN(C)C(C)CCC(=O)O. The molecule has 1 unspecified atom stereocenters. The lowest BCUT2D eigenvalue weighted by Crippen LogP contribution is -2.40. The highest BCUT2D eigenvalue weighted by molar-refractivity contribution is 5.78. The van der Waals surface area contributed by atoms with Crippen LogP contribution in [0.4, 0.5) is 0 Å². The summed E-state index contributed by atoms with van der Waals surface area (Å²) < 4.78 is 0. The number of nitrogens with one attached hydrogen (secondary N) is 1. The van der Waals surface area contributed by atoms with Crippen molar-refractivity contribution in [2.24, 2.45) is 5.92 Å². The number of carbonyl (C=O) groups excluding carboxylic acids is 1. The fourth-order valence-corrected chi connectivity index (χ4v) is 1.31. The highest BCUT2D eigenvalue weighted by Crippen LogP contribution is 2.03. The highest BCUT2D eigenvalue weighted by atomic mass is 16.4. The number of carbonyl (C=O) groups is 2. The second-order valence-corrected chi connectivity index (χ2v) is 4.89. The summed E-state index contributed by atoms with van der Waals surface area (Å²) in [5.74, 6) is -0.369. The van der Waals surface area contributed by atoms with Gasteiger partial charge < -0.3 is 10.4 Å². The number of rotatable bonds is 8. The summed E-state index contributed by atoms with van der Waals surface area (Å²) in [6.07, 6.45) is 0.697. The lowest BCUT2D eigenvalue weighted by atomic mass is 10.1. The predicted octanol–water partition coefficient (Wildman–Crippen LogP) is 0.944. The van der Waals surface area contributed by atoms with Crippen molar-refractivity contribution in [3.63, 3.8) is 0 Å². The van der Waals surface area contributed by atoms with E-state index in [1.165, 1.54) is 0 Å². The first kappa shape index (κ1) is 15.9. The smallest absolute Gasteiger partial charge is 0.303 e. The average Bonchev–Trinajstić information content (AvgIpc) is 2.22. The summed E-state index contributed by atoms with van der Waals surface area (Å²) >= 11 is 0. The first-order valence-electron chi connectivity index (χ1n) is 6.01. The maximum atomic E-state index is 11.5. The van der Waals surface area contributed by atoms with Crippen molar-refractivity contribution in [2.75, 3.05) is 20.1 Å². The summed E-state index contributed by atoms with van der Waals surface area (Å²) in [6, 6.07) is 0.0934. The first-order valence-corrected chi connectivity index (χ1v) is 6.01. The van der Waals surface area contributed by atoms with Gasteiger partial charge in [0.25, 0.3) is 0 Å². The number of carboxylic acids is 1. The fraction of sp³-hybridized carbons (Fsp3) is 0.833. The van der Waals surface area contributed by atoms with E-state index in [0.717, 1.165) is 0 Å². The van der Waals surface area contributed by atoms with Crippen LogP contribution >= 0.6 is 0 Å². The molecule has 0 spiro atoms. The third kappa shape index (κ3) is 8.68. The number of aliphatic carboxylic acids is 1. The number of hydrogen-bond acceptors (Lipinski definition) is 3. The van der Waals surface area contributed by atoms with Crippen LogP contribution in [-0.4, -0.2) is 48.1 Å². The summed E-state index contributed by atoms with van der Waals surface area (Å²) in [6.45, 7) is 7.00. The molecule has 0 saturated heterocycles. The summed E-state index contributed by atoms with van der Waals surface area (Å²) in [4.78, 5) is 23.8. The Bertz CT molecular complexity index is 254. The highest BCUT2D eigenvalue weighted by Gasteiger charge is 2.14. The van der Waals surface area contributed by atoms with Crippen LogP contribution in [0.25, 0.3) is 0 Å². The molecule has 1 amide bonds. The molecular weight excluding hydrogens is 220 g/mol. The van der Waals surface area contributed by atoms with E-state index in [1.54, 1.807) is 0 Å². The second-order valence-electron chi connectivity index (χ2n) is 4.89. The third-order valence-electron chi connectivity index (χ3n) is 2.63. The van der Waals surface area contributed by atoms with Crippen LogP contribution in [0, 0.1) is 5.92 Å². The molecule has 0 aromatic heterocycles. The van der Waals surface area contributed by atoms with Crippen molar-refractivity contribution in [3.8, 4) is 0 Å². The van der Waals surface area contributed by atoms with E-state index in [4.69, 9.17) is 5.11 Å². The Morgan fingerprint density at radius 2 is 1.88 bits per heavy atom. The van der Waals surface area contributed by atoms with E-state index in [9.17, 15) is 9.59 Å². The van der Waals surface area contributed by atoms with Gasteiger partial charge in [-0.25, -0.2) is 0 Å². The van der Waals surface area contributed by atoms with Gasteiger partial charge in [0.1, 0.15) is 0 Å². The molecule has 0 aliphatic heterocycles. The van der Waals surface area contributed by atoms with Crippen molar-refractivity contribution < 1.29 is 14.7 Å². The lowest BCUT2D eigenvalue weighted by Gasteiger charge is -2.23. The van der Waals surface area contributed by atoms with E-state index in [1.807, 2.05) is 32.7 Å². The van der Waals surface area contributed by atoms with E-state index in [2.05, 4.69) is 5.32 Å². The van der Waals surface area contributed by atoms with Crippen LogP contribution in [0.1, 0.15) is 33.6 Å². The zero-order chi connectivity index (χ0) is 13.4. The average molecular weight is 244 g/mol. The zero-order valence-corrected chi connectivity index (χ0v) is 11.2. The third-order valence-corrected chi connectivity index (χ3v) is 2.63. The van der Waals surface area contributed by atoms with Gasteiger partial charge in [0.2, 0.25) is 5.91 Å². The molecule has 100 valence electrons. The Hall–Kier alpha value is -1.10. The molecule has 5 heteroatoms. The number of likely N-dealkylation sites (N-methyl/N-ethyl adjacent to an activating group) is 1. The van der Waals surface area contributed by atoms with Crippen LogP contribution in [0.15, 0.2) is 0 Å². The molecule has 1 atom stereocenters. The van der Waals surface area contributed by atoms with Gasteiger partial charge in [-0.2, -0.15) is 0 Å². The lowest BCUT2D eigenvalue weighted by molar-refractivity contribution is -0.137. The number of nitrogens with zero attached hydrogens (tertiary/aromatic N) is 1. The summed E-state index contributed by atoms with van der Waals surface area (Å²) in [7, 11) is 1.83. The Morgan fingerprint density at radius 3 is 2.35 bits per heavy atom. The molecule has 0 bridgehead atoms. The van der Waals surface area contributed by atoms with Gasteiger partial charge in [-0.1, -0.05) is 13.8 Å². The quantitative estimate of drug-likeness (QED) is 0.667. The van der Waals surface area contributed by atoms with E-state index < -0.39 is 5.97 Å². The van der Waals surface area contributed by atoms with Gasteiger partial charge >= 0.3 is 5.97 Å². The standard InChI is InChI=1S/C12H24N2O3/c1-9(2)7-13-11(15)8-14(4)10(3)5-6-12(16)17/h9-10H,5-8H2,1-4H3,(H,13,15)(H,16,17). The first-order chi connectivity index (χ1) is 7.82. The maximum Gasteiger partial charge on any atom is 0.303 e. The van der Waals surface area contributed by atoms with Crippen LogP contribution in [-0.2, 0) is 9.59 Å². The molecule has 0 fully saturated rings. The van der Waals surface area contributed by atoms with Crippen LogP contribution in [0.3, 0.4) is 0 Å². The molecule has 0 aliphatic rings. The minimum atomic E-state index is -0.797. The van der Waals surface area contributed by atoms with Gasteiger partial charge in [-0.3, -0.25) is 14.5 Å². The van der Waals surface area contributed by atoms with Gasteiger partial charge in [0, 0.05) is 19.0 Å². The van der Waals surface area contributed by atoms with E-state index in [-0.39, 0.29) is 18.4 Å². The van der Waals surface area contributed by atoms with E-state index in [0.29, 0.717) is 25.4 Å². The van der Waals surface area contributed by atoms with Crippen molar-refractivity contribution >= 4 is 11.9 Å². The zero-order valence-electron chi connectivity index (χ0n) is 11.2. The monoisotopic (exact) mass is 244 g/mol. The minimum absolute atomic E-state index is 0.0108. The molecule has 0 aliphatic carbocycles. The van der Waals surface area contributed by atoms with E-state index >= 15 is 0 Å². The number of amides is 1. The predicted molar refractivity (Wildman–Crippen MR) is 66.8 cm³/mol. The molecule has 2 N–H and O–H groups in total. The summed E-state index contributed by atoms with van der Waals surface area (Å²) in [5, 5.41) is 11.4.